The zero-order chi connectivity index (χ0) is 13.0. The molecular formula is C16H22N2. The van der Waals surface area contributed by atoms with Crippen LogP contribution in [0.1, 0.15) is 44.8 Å². The fraction of sp³-hybridized carbons (Fsp3) is 0.438. The molecule has 0 amide bonds. The van der Waals surface area contributed by atoms with Crippen molar-refractivity contribution in [3.63, 3.8) is 0 Å². The third kappa shape index (κ3) is 3.08. The second-order valence-electron chi connectivity index (χ2n) is 5.16. The number of fused-ring (bicyclic) bond motifs is 1. The summed E-state index contributed by atoms with van der Waals surface area (Å²) in [5.41, 5.74) is 8.30. The molecule has 1 aromatic carbocycles. The van der Waals surface area contributed by atoms with E-state index >= 15 is 0 Å². The van der Waals surface area contributed by atoms with Crippen LogP contribution in [0.3, 0.4) is 0 Å². The highest BCUT2D eigenvalue weighted by molar-refractivity contribution is 5.78. The number of aromatic nitrogens is 1. The summed E-state index contributed by atoms with van der Waals surface area (Å²) < 4.78 is 0. The van der Waals surface area contributed by atoms with Gasteiger partial charge in [-0.15, -0.1) is 0 Å². The van der Waals surface area contributed by atoms with Crippen LogP contribution >= 0.6 is 0 Å². The zero-order valence-electron chi connectivity index (χ0n) is 11.3. The van der Waals surface area contributed by atoms with Crippen LogP contribution in [0.5, 0.6) is 0 Å². The van der Waals surface area contributed by atoms with Crippen LogP contribution in [0.2, 0.25) is 0 Å². The summed E-state index contributed by atoms with van der Waals surface area (Å²) >= 11 is 0. The van der Waals surface area contributed by atoms with E-state index in [1.54, 1.807) is 0 Å². The number of pyridine rings is 1. The number of hydrogen-bond donors (Lipinski definition) is 1. The van der Waals surface area contributed by atoms with Crippen molar-refractivity contribution < 1.29 is 0 Å². The fourth-order valence-corrected chi connectivity index (χ4v) is 2.45. The van der Waals surface area contributed by atoms with Crippen LogP contribution < -0.4 is 5.73 Å². The lowest BCUT2D eigenvalue weighted by molar-refractivity contribution is 0.436. The molecule has 0 radical (unpaired) electrons. The lowest BCUT2D eigenvalue weighted by atomic mass is 9.95. The summed E-state index contributed by atoms with van der Waals surface area (Å²) in [7, 11) is 0. The molecule has 2 rings (SSSR count). The van der Waals surface area contributed by atoms with Crippen LogP contribution in [0.4, 0.5) is 0 Å². The number of rotatable bonds is 5. The molecule has 0 fully saturated rings. The molecule has 0 spiro atoms. The van der Waals surface area contributed by atoms with Gasteiger partial charge in [0.2, 0.25) is 0 Å². The minimum atomic E-state index is 0.0520. The molecule has 18 heavy (non-hydrogen) atoms. The standard InChI is InChI=1S/C16H22N2/c1-3-6-12(2)11-14(17)16-10-9-13-7-4-5-8-15(13)18-16/h4-5,7-10,12,14H,3,6,11,17H2,1-2H3. The lowest BCUT2D eigenvalue weighted by Crippen LogP contribution is -2.15. The molecule has 2 heteroatoms. The number of hydrogen-bond acceptors (Lipinski definition) is 2. The van der Waals surface area contributed by atoms with Crippen molar-refractivity contribution in [3.05, 3.63) is 42.1 Å². The summed E-state index contributed by atoms with van der Waals surface area (Å²) in [5.74, 6) is 0.665. The van der Waals surface area contributed by atoms with Gasteiger partial charge in [-0.1, -0.05) is 51.0 Å². The SMILES string of the molecule is CCCC(C)CC(N)c1ccc2ccccc2n1. The summed E-state index contributed by atoms with van der Waals surface area (Å²) in [4.78, 5) is 4.66. The van der Waals surface area contributed by atoms with Crippen LogP contribution in [0.15, 0.2) is 36.4 Å². The quantitative estimate of drug-likeness (QED) is 0.858. The van der Waals surface area contributed by atoms with Crippen molar-refractivity contribution in [2.24, 2.45) is 11.7 Å². The van der Waals surface area contributed by atoms with E-state index in [2.05, 4.69) is 37.0 Å². The second-order valence-corrected chi connectivity index (χ2v) is 5.16. The minimum absolute atomic E-state index is 0.0520. The Labute approximate surface area is 109 Å². The molecule has 96 valence electrons. The van der Waals surface area contributed by atoms with E-state index in [1.165, 1.54) is 18.2 Å². The molecule has 0 saturated heterocycles. The Morgan fingerprint density at radius 2 is 1.94 bits per heavy atom. The van der Waals surface area contributed by atoms with E-state index in [4.69, 9.17) is 5.73 Å². The number of nitrogens with zero attached hydrogens (tertiary/aromatic N) is 1. The molecule has 1 aromatic heterocycles. The number of nitrogens with two attached hydrogens (primary N) is 1. The third-order valence-electron chi connectivity index (χ3n) is 3.44. The molecule has 0 aliphatic rings. The summed E-state index contributed by atoms with van der Waals surface area (Å²) in [6, 6.07) is 12.4. The third-order valence-corrected chi connectivity index (χ3v) is 3.44. The maximum absolute atomic E-state index is 6.25. The number of para-hydroxylation sites is 1. The van der Waals surface area contributed by atoms with Crippen molar-refractivity contribution in [2.45, 2.75) is 39.2 Å². The van der Waals surface area contributed by atoms with Gasteiger partial charge in [-0.2, -0.15) is 0 Å². The molecule has 2 N–H and O–H groups in total. The Bertz CT molecular complexity index is 507. The molecule has 2 aromatic rings. The van der Waals surface area contributed by atoms with Gasteiger partial charge in [-0.05, 0) is 24.5 Å². The molecule has 1 heterocycles. The van der Waals surface area contributed by atoms with Crippen LogP contribution in [-0.4, -0.2) is 4.98 Å². The normalized spacial score (nSPS) is 14.6. The topological polar surface area (TPSA) is 38.9 Å². The molecule has 2 nitrogen and oxygen atoms in total. The fourth-order valence-electron chi connectivity index (χ4n) is 2.45. The summed E-state index contributed by atoms with van der Waals surface area (Å²) in [5, 5.41) is 1.18. The van der Waals surface area contributed by atoms with Gasteiger partial charge in [0.05, 0.1) is 11.2 Å². The molecule has 2 atom stereocenters. The first-order chi connectivity index (χ1) is 8.70. The lowest BCUT2D eigenvalue weighted by Gasteiger charge is -2.16. The summed E-state index contributed by atoms with van der Waals surface area (Å²) in [6.45, 7) is 4.49. The van der Waals surface area contributed by atoms with Gasteiger partial charge in [-0.3, -0.25) is 4.98 Å². The number of benzene rings is 1. The molecule has 0 saturated carbocycles. The Kier molecular flexibility index (Phi) is 4.32. The van der Waals surface area contributed by atoms with Crippen molar-refractivity contribution in [1.82, 2.24) is 4.98 Å². The van der Waals surface area contributed by atoms with Crippen molar-refractivity contribution in [2.75, 3.05) is 0 Å². The van der Waals surface area contributed by atoms with Gasteiger partial charge in [0.15, 0.2) is 0 Å². The zero-order valence-corrected chi connectivity index (χ0v) is 11.3. The first-order valence-electron chi connectivity index (χ1n) is 6.82. The van der Waals surface area contributed by atoms with Crippen molar-refractivity contribution >= 4 is 10.9 Å². The Balaban J connectivity index is 2.15. The highest BCUT2D eigenvalue weighted by atomic mass is 14.8. The first kappa shape index (κ1) is 13.0. The molecular weight excluding hydrogens is 220 g/mol. The average molecular weight is 242 g/mol. The van der Waals surface area contributed by atoms with Crippen LogP contribution in [-0.2, 0) is 0 Å². The predicted molar refractivity (Wildman–Crippen MR) is 77.4 cm³/mol. The maximum atomic E-state index is 6.25. The summed E-state index contributed by atoms with van der Waals surface area (Å²) in [6.07, 6.45) is 3.47. The van der Waals surface area contributed by atoms with E-state index < -0.39 is 0 Å². The highest BCUT2D eigenvalue weighted by Gasteiger charge is 2.12. The van der Waals surface area contributed by atoms with Crippen LogP contribution in [0, 0.1) is 5.92 Å². The molecule has 0 aliphatic heterocycles. The van der Waals surface area contributed by atoms with E-state index in [9.17, 15) is 0 Å². The molecule has 0 bridgehead atoms. The van der Waals surface area contributed by atoms with E-state index in [0.717, 1.165) is 17.6 Å². The first-order valence-corrected chi connectivity index (χ1v) is 6.82. The largest absolute Gasteiger partial charge is 0.323 e. The minimum Gasteiger partial charge on any atom is -0.323 e. The van der Waals surface area contributed by atoms with E-state index in [0.29, 0.717) is 5.92 Å². The predicted octanol–water partition coefficient (Wildman–Crippen LogP) is 4.06. The molecule has 2 unspecified atom stereocenters. The monoisotopic (exact) mass is 242 g/mol. The van der Waals surface area contributed by atoms with Gasteiger partial charge in [0.25, 0.3) is 0 Å². The molecule has 0 aliphatic carbocycles. The highest BCUT2D eigenvalue weighted by Crippen LogP contribution is 2.22. The van der Waals surface area contributed by atoms with Gasteiger partial charge in [-0.25, -0.2) is 0 Å². The van der Waals surface area contributed by atoms with Crippen molar-refractivity contribution in [3.8, 4) is 0 Å². The van der Waals surface area contributed by atoms with Crippen LogP contribution in [0.25, 0.3) is 10.9 Å². The van der Waals surface area contributed by atoms with E-state index in [1.807, 2.05) is 18.2 Å². The van der Waals surface area contributed by atoms with Gasteiger partial charge in [0, 0.05) is 11.4 Å². The van der Waals surface area contributed by atoms with Crippen molar-refractivity contribution in [1.29, 1.82) is 0 Å². The second kappa shape index (κ2) is 5.96. The Morgan fingerprint density at radius 1 is 1.17 bits per heavy atom. The van der Waals surface area contributed by atoms with Gasteiger partial charge >= 0.3 is 0 Å². The maximum Gasteiger partial charge on any atom is 0.0706 e. The average Bonchev–Trinajstić information content (AvgIpc) is 2.38. The smallest absolute Gasteiger partial charge is 0.0706 e. The van der Waals surface area contributed by atoms with Gasteiger partial charge in [0.1, 0.15) is 0 Å². The van der Waals surface area contributed by atoms with Gasteiger partial charge < -0.3 is 5.73 Å². The Hall–Kier alpha value is -1.41. The van der Waals surface area contributed by atoms with E-state index in [-0.39, 0.29) is 6.04 Å². The Morgan fingerprint density at radius 3 is 2.72 bits per heavy atom.